The molecule has 0 spiro atoms. The van der Waals surface area contributed by atoms with Crippen LogP contribution in [0.4, 0.5) is 0 Å². The SMILES string of the molecule is C.C.CC=CC.CCCC(=O)CC.CCCCN1C(=O)CC(SC(C)C)C1=O. The summed E-state index contributed by atoms with van der Waals surface area (Å²) in [7, 11) is 0. The van der Waals surface area contributed by atoms with Crippen molar-refractivity contribution >= 4 is 29.4 Å². The summed E-state index contributed by atoms with van der Waals surface area (Å²) in [4.78, 5) is 35.3. The van der Waals surface area contributed by atoms with Crippen LogP contribution < -0.4 is 0 Å². The molecule has 168 valence electrons. The summed E-state index contributed by atoms with van der Waals surface area (Å²) in [6.45, 7) is 14.7. The lowest BCUT2D eigenvalue weighted by molar-refractivity contribution is -0.138. The van der Waals surface area contributed by atoms with Crippen molar-refractivity contribution in [3.63, 3.8) is 0 Å². The molecule has 0 N–H and O–H groups in total. The van der Waals surface area contributed by atoms with Crippen molar-refractivity contribution in [3.8, 4) is 0 Å². The number of unbranched alkanes of at least 4 members (excludes halogenated alkanes) is 1. The molecule has 1 heterocycles. The summed E-state index contributed by atoms with van der Waals surface area (Å²) in [6.07, 6.45) is 8.78. The van der Waals surface area contributed by atoms with E-state index in [9.17, 15) is 14.4 Å². The van der Waals surface area contributed by atoms with Gasteiger partial charge in [0.2, 0.25) is 11.8 Å². The molecule has 5 heteroatoms. The van der Waals surface area contributed by atoms with Gasteiger partial charge in [0.05, 0.1) is 5.25 Å². The number of allylic oxidation sites excluding steroid dienone is 2. The Morgan fingerprint density at radius 1 is 1.11 bits per heavy atom. The average molecular weight is 418 g/mol. The molecule has 0 aromatic rings. The topological polar surface area (TPSA) is 54.5 Å². The van der Waals surface area contributed by atoms with Gasteiger partial charge in [-0.15, -0.1) is 11.8 Å². The smallest absolute Gasteiger partial charge is 0.242 e. The van der Waals surface area contributed by atoms with E-state index in [0.29, 0.717) is 30.4 Å². The molecule has 4 nitrogen and oxygen atoms in total. The molecule has 1 atom stereocenters. The van der Waals surface area contributed by atoms with Crippen molar-refractivity contribution < 1.29 is 14.4 Å². The second kappa shape index (κ2) is 22.2. The largest absolute Gasteiger partial charge is 0.300 e. The minimum Gasteiger partial charge on any atom is -0.300 e. The van der Waals surface area contributed by atoms with Gasteiger partial charge in [-0.25, -0.2) is 0 Å². The Labute approximate surface area is 179 Å². The van der Waals surface area contributed by atoms with E-state index in [0.717, 1.165) is 25.7 Å². The van der Waals surface area contributed by atoms with Gasteiger partial charge in [0.15, 0.2) is 0 Å². The maximum atomic E-state index is 11.8. The first-order valence-electron chi connectivity index (χ1n) is 9.87. The van der Waals surface area contributed by atoms with Gasteiger partial charge in [-0.2, -0.15) is 0 Å². The lowest BCUT2D eigenvalue weighted by Gasteiger charge is -2.14. The Kier molecular flexibility index (Phi) is 27.3. The Bertz CT molecular complexity index is 430. The van der Waals surface area contributed by atoms with E-state index >= 15 is 0 Å². The summed E-state index contributed by atoms with van der Waals surface area (Å²) in [5, 5.41) is 0.271. The number of carbonyl (C=O) groups excluding carboxylic acids is 3. The van der Waals surface area contributed by atoms with Crippen molar-refractivity contribution in [2.75, 3.05) is 6.54 Å². The molecular formula is C23H47NO3S. The summed E-state index contributed by atoms with van der Waals surface area (Å²) in [5.41, 5.74) is 0. The van der Waals surface area contributed by atoms with Crippen LogP contribution in [-0.4, -0.2) is 39.5 Å². The first kappa shape index (κ1) is 34.4. The average Bonchev–Trinajstić information content (AvgIpc) is 2.86. The minimum atomic E-state index is -0.130. The van der Waals surface area contributed by atoms with Crippen molar-refractivity contribution in [1.82, 2.24) is 4.90 Å². The Hall–Kier alpha value is -1.10. The summed E-state index contributed by atoms with van der Waals surface area (Å²) in [6, 6.07) is 0. The molecule has 1 aliphatic rings. The monoisotopic (exact) mass is 417 g/mol. The molecule has 0 bridgehead atoms. The van der Waals surface area contributed by atoms with E-state index in [1.54, 1.807) is 11.8 Å². The number of hydrogen-bond donors (Lipinski definition) is 0. The number of nitrogens with zero attached hydrogens (tertiary/aromatic N) is 1. The second-order valence-corrected chi connectivity index (χ2v) is 8.21. The molecule has 1 aliphatic heterocycles. The number of likely N-dealkylation sites (tertiary alicyclic amines) is 1. The van der Waals surface area contributed by atoms with Gasteiger partial charge < -0.3 is 0 Å². The fraction of sp³-hybridized carbons (Fsp3) is 0.783. The molecule has 0 aromatic carbocycles. The highest BCUT2D eigenvalue weighted by Crippen LogP contribution is 2.28. The number of carbonyl (C=O) groups is 3. The minimum absolute atomic E-state index is 0. The van der Waals surface area contributed by atoms with Gasteiger partial charge in [0.25, 0.3) is 0 Å². The van der Waals surface area contributed by atoms with Gasteiger partial charge in [0.1, 0.15) is 5.78 Å². The maximum absolute atomic E-state index is 11.8. The number of Topliss-reactive ketones (excluding diaryl/α,β-unsaturated/α-hetero) is 1. The molecule has 1 saturated heterocycles. The van der Waals surface area contributed by atoms with E-state index < -0.39 is 0 Å². The third-order valence-corrected chi connectivity index (χ3v) is 4.87. The van der Waals surface area contributed by atoms with Crippen LogP contribution in [-0.2, 0) is 14.4 Å². The number of amides is 2. The standard InChI is InChI=1S/C11H19NO2S.C6H12O.C4H8.2CH4/c1-4-5-6-12-10(13)7-9(11(12)14)15-8(2)3;1-3-5-6(7)4-2;1-3-4-2;;/h8-9H,4-7H2,1-3H3;3-5H2,1-2H3;3-4H,1-2H3;2*1H4. The number of rotatable bonds is 8. The fourth-order valence-electron chi connectivity index (χ4n) is 2.09. The highest BCUT2D eigenvalue weighted by molar-refractivity contribution is 8.01. The zero-order valence-corrected chi connectivity index (χ0v) is 18.7. The van der Waals surface area contributed by atoms with Crippen LogP contribution >= 0.6 is 11.8 Å². The molecule has 1 rings (SSSR count). The lowest BCUT2D eigenvalue weighted by Crippen LogP contribution is -2.32. The molecule has 1 unspecified atom stereocenters. The van der Waals surface area contributed by atoms with Crippen molar-refractivity contribution in [1.29, 1.82) is 0 Å². The highest BCUT2D eigenvalue weighted by Gasteiger charge is 2.38. The van der Waals surface area contributed by atoms with Gasteiger partial charge in [-0.1, -0.05) is 68.0 Å². The quantitative estimate of drug-likeness (QED) is 0.326. The first-order chi connectivity index (χ1) is 12.3. The van der Waals surface area contributed by atoms with Crippen molar-refractivity contribution in [2.45, 2.75) is 112 Å². The fourth-order valence-corrected chi connectivity index (χ4v) is 3.23. The molecule has 0 saturated carbocycles. The van der Waals surface area contributed by atoms with E-state index in [1.807, 2.05) is 39.8 Å². The number of thioether (sulfide) groups is 1. The zero-order valence-electron chi connectivity index (χ0n) is 17.8. The predicted molar refractivity (Wildman–Crippen MR) is 127 cm³/mol. The number of ketones is 1. The zero-order chi connectivity index (χ0) is 20.5. The number of imide groups is 1. The Morgan fingerprint density at radius 2 is 1.64 bits per heavy atom. The third kappa shape index (κ3) is 17.0. The van der Waals surface area contributed by atoms with Crippen molar-refractivity contribution in [3.05, 3.63) is 12.2 Å². The van der Waals surface area contributed by atoms with Gasteiger partial charge >= 0.3 is 0 Å². The molecule has 1 fully saturated rings. The highest BCUT2D eigenvalue weighted by atomic mass is 32.2. The molecule has 2 amide bonds. The molecule has 0 aromatic heterocycles. The van der Waals surface area contributed by atoms with Gasteiger partial charge in [-0.3, -0.25) is 19.3 Å². The van der Waals surface area contributed by atoms with Gasteiger partial charge in [-0.05, 0) is 31.9 Å². The van der Waals surface area contributed by atoms with E-state index in [1.165, 1.54) is 4.90 Å². The van der Waals surface area contributed by atoms with Gasteiger partial charge in [0, 0.05) is 25.8 Å². The van der Waals surface area contributed by atoms with Crippen LogP contribution in [0.2, 0.25) is 0 Å². The number of hydrogen-bond acceptors (Lipinski definition) is 4. The van der Waals surface area contributed by atoms with Crippen molar-refractivity contribution in [2.24, 2.45) is 0 Å². The second-order valence-electron chi connectivity index (χ2n) is 6.42. The van der Waals surface area contributed by atoms with E-state index in [4.69, 9.17) is 0 Å². The molecule has 0 radical (unpaired) electrons. The predicted octanol–water partition coefficient (Wildman–Crippen LogP) is 6.68. The summed E-state index contributed by atoms with van der Waals surface area (Å²) >= 11 is 1.60. The van der Waals surface area contributed by atoms with Crippen LogP contribution in [0, 0.1) is 0 Å². The lowest BCUT2D eigenvalue weighted by atomic mass is 10.2. The van der Waals surface area contributed by atoms with Crippen LogP contribution in [0.1, 0.15) is 102 Å². The van der Waals surface area contributed by atoms with Crippen LogP contribution in [0.3, 0.4) is 0 Å². The Balaban J connectivity index is -0.000000188. The summed E-state index contributed by atoms with van der Waals surface area (Å²) in [5.74, 6) is 0.404. The van der Waals surface area contributed by atoms with Crippen LogP contribution in [0.15, 0.2) is 12.2 Å². The van der Waals surface area contributed by atoms with E-state index in [-0.39, 0.29) is 31.9 Å². The van der Waals surface area contributed by atoms with Crippen LogP contribution in [0.5, 0.6) is 0 Å². The molecular weight excluding hydrogens is 370 g/mol. The maximum Gasteiger partial charge on any atom is 0.242 e. The summed E-state index contributed by atoms with van der Waals surface area (Å²) < 4.78 is 0. The first-order valence-corrected chi connectivity index (χ1v) is 10.8. The van der Waals surface area contributed by atoms with E-state index in [2.05, 4.69) is 20.8 Å². The normalized spacial score (nSPS) is 15.3. The Morgan fingerprint density at radius 3 is 1.96 bits per heavy atom. The molecule has 28 heavy (non-hydrogen) atoms. The molecule has 0 aliphatic carbocycles. The van der Waals surface area contributed by atoms with Crippen LogP contribution in [0.25, 0.3) is 0 Å². The third-order valence-electron chi connectivity index (χ3n) is 3.63.